The van der Waals surface area contributed by atoms with Gasteiger partial charge in [0, 0.05) is 22.6 Å². The highest BCUT2D eigenvalue weighted by Gasteiger charge is 2.49. The zero-order valence-corrected chi connectivity index (χ0v) is 7.77. The molecular weight excluding hydrogens is 323 g/mol. The van der Waals surface area contributed by atoms with Crippen molar-refractivity contribution < 1.29 is 13.2 Å². The Balaban J connectivity index is 4.02. The van der Waals surface area contributed by atoms with Crippen LogP contribution in [-0.2, 0) is 0 Å². The first kappa shape index (κ1) is 9.29. The number of hydrogen-bond donors (Lipinski definition) is 0. The fourth-order valence-corrected chi connectivity index (χ4v) is 0. The van der Waals surface area contributed by atoms with Crippen LogP contribution in [0.3, 0.4) is 0 Å². The molecule has 8 heavy (non-hydrogen) atoms. The highest BCUT2D eigenvalue weighted by atomic mass is 127. The molecule has 0 bridgehead atoms. The number of alkyl halides is 6. The minimum absolute atomic E-state index is 0.596. The molecule has 0 spiro atoms. The van der Waals surface area contributed by atoms with E-state index in [1.54, 1.807) is 0 Å². The van der Waals surface area contributed by atoms with Gasteiger partial charge in [0.2, 0.25) is 0 Å². The lowest BCUT2D eigenvalue weighted by molar-refractivity contribution is 0.0589. The van der Waals surface area contributed by atoms with Crippen molar-refractivity contribution in [2.24, 2.45) is 0 Å². The molecule has 0 rings (SSSR count). The molecule has 0 N–H and O–H groups in total. The summed E-state index contributed by atoms with van der Waals surface area (Å²) in [5, 5.41) is 0. The van der Waals surface area contributed by atoms with E-state index >= 15 is 0 Å². The van der Waals surface area contributed by atoms with Crippen LogP contribution in [0.25, 0.3) is 0 Å². The fraction of sp³-hybridized carbons (Fsp3) is 1.00. The topological polar surface area (TPSA) is 0 Å². The Hall–Kier alpha value is 1.29. The van der Waals surface area contributed by atoms with Gasteiger partial charge in [-0.15, -0.1) is 0 Å². The van der Waals surface area contributed by atoms with Crippen LogP contribution in [0.15, 0.2) is 0 Å². The highest BCUT2D eigenvalue weighted by Crippen LogP contribution is 2.45. The van der Waals surface area contributed by atoms with Crippen LogP contribution in [0.5, 0.6) is 0 Å². The molecule has 0 aliphatic heterocycles. The highest BCUT2D eigenvalue weighted by molar-refractivity contribution is 14.1. The lowest BCUT2D eigenvalue weighted by Crippen LogP contribution is -2.25. The van der Waals surface area contributed by atoms with Crippen LogP contribution in [0.1, 0.15) is 0 Å². The second-order valence-electron chi connectivity index (χ2n) is 0.996. The molecule has 0 saturated carbocycles. The average Bonchev–Trinajstić information content (AvgIpc) is 1.25. The Labute approximate surface area is 71.0 Å². The summed E-state index contributed by atoms with van der Waals surface area (Å²) in [5.41, 5.74) is 0. The molecule has 6 heteroatoms. The molecule has 50 valence electrons. The predicted octanol–water partition coefficient (Wildman–Crippen LogP) is 3.27. The lowest BCUT2D eigenvalue weighted by atomic mass is 10.8. The molecule has 0 saturated heterocycles. The van der Waals surface area contributed by atoms with Gasteiger partial charge < -0.3 is 0 Å². The minimum Gasteiger partial charge on any atom is -0.205 e. The van der Waals surface area contributed by atoms with Crippen molar-refractivity contribution in [1.82, 2.24) is 0 Å². The zero-order chi connectivity index (χ0) is 7.00. The van der Waals surface area contributed by atoms with Gasteiger partial charge in [0.1, 0.15) is 0 Å². The zero-order valence-electron chi connectivity index (χ0n) is 3.27. The van der Waals surface area contributed by atoms with Gasteiger partial charge in [0.25, 0.3) is 0 Å². The standard InChI is InChI=1S/C2BrClF3I/c3-1(4,5)2(6,7)8. The molecule has 0 heterocycles. The van der Waals surface area contributed by atoms with Gasteiger partial charge in [-0.25, -0.2) is 4.39 Å². The molecule has 0 aromatic carbocycles. The second kappa shape index (κ2) is 2.49. The molecule has 0 amide bonds. The molecule has 0 aromatic heterocycles. The molecule has 0 nitrogen and oxygen atoms in total. The Kier molecular flexibility index (Phi) is 2.90. The van der Waals surface area contributed by atoms with Crippen molar-refractivity contribution in [1.29, 1.82) is 0 Å². The van der Waals surface area contributed by atoms with Crippen molar-refractivity contribution in [2.45, 2.75) is 7.97 Å². The smallest absolute Gasteiger partial charge is 0.205 e. The van der Waals surface area contributed by atoms with E-state index in [-0.39, 0.29) is 0 Å². The van der Waals surface area contributed by atoms with Gasteiger partial charge >= 0.3 is 7.97 Å². The summed E-state index contributed by atoms with van der Waals surface area (Å²) in [5.74, 6) is 0. The van der Waals surface area contributed by atoms with Crippen molar-refractivity contribution >= 4 is 50.1 Å². The van der Waals surface area contributed by atoms with E-state index in [9.17, 15) is 13.2 Å². The third kappa shape index (κ3) is 2.72. The summed E-state index contributed by atoms with van der Waals surface area (Å²) >= 11 is 7.04. The SMILES string of the molecule is FC(Cl)(Br)C(F)(F)I. The first-order chi connectivity index (χ1) is 3.25. The monoisotopic (exact) mass is 322 g/mol. The van der Waals surface area contributed by atoms with Gasteiger partial charge in [0.05, 0.1) is 0 Å². The minimum atomic E-state index is -3.58. The molecule has 1 atom stereocenters. The van der Waals surface area contributed by atoms with E-state index in [2.05, 4.69) is 11.6 Å². The first-order valence-electron chi connectivity index (χ1n) is 1.38. The van der Waals surface area contributed by atoms with Crippen LogP contribution in [0.4, 0.5) is 13.2 Å². The van der Waals surface area contributed by atoms with Crippen molar-refractivity contribution in [3.63, 3.8) is 0 Å². The Morgan fingerprint density at radius 2 is 1.50 bits per heavy atom. The van der Waals surface area contributed by atoms with Crippen molar-refractivity contribution in [3.8, 4) is 0 Å². The molecular formula is C2BrClF3I. The molecule has 0 aliphatic rings. The maximum absolute atomic E-state index is 11.8. The molecule has 0 aromatic rings. The van der Waals surface area contributed by atoms with Gasteiger partial charge in [0.15, 0.2) is 0 Å². The van der Waals surface area contributed by atoms with E-state index < -0.39 is 7.97 Å². The predicted molar refractivity (Wildman–Crippen MR) is 37.6 cm³/mol. The van der Waals surface area contributed by atoms with Crippen LogP contribution < -0.4 is 0 Å². The second-order valence-corrected chi connectivity index (χ2v) is 4.42. The molecule has 1 unspecified atom stereocenters. The van der Waals surface area contributed by atoms with Crippen molar-refractivity contribution in [2.75, 3.05) is 0 Å². The maximum atomic E-state index is 11.8. The van der Waals surface area contributed by atoms with E-state index in [4.69, 9.17) is 0 Å². The summed E-state index contributed by atoms with van der Waals surface area (Å²) in [6, 6.07) is 0. The largest absolute Gasteiger partial charge is 0.353 e. The van der Waals surface area contributed by atoms with Gasteiger partial charge in [-0.05, 0) is 15.9 Å². The van der Waals surface area contributed by atoms with Crippen molar-refractivity contribution in [3.05, 3.63) is 0 Å². The van der Waals surface area contributed by atoms with E-state index in [0.717, 1.165) is 0 Å². The normalized spacial score (nSPS) is 20.2. The average molecular weight is 323 g/mol. The van der Waals surface area contributed by atoms with E-state index in [1.807, 2.05) is 15.9 Å². The quantitative estimate of drug-likeness (QED) is 0.513. The van der Waals surface area contributed by atoms with E-state index in [0.29, 0.717) is 22.6 Å². The summed E-state index contributed by atoms with van der Waals surface area (Å²) < 4.78 is 28.4. The molecule has 0 fully saturated rings. The lowest BCUT2D eigenvalue weighted by Gasteiger charge is -2.14. The summed E-state index contributed by atoms with van der Waals surface area (Å²) in [6.07, 6.45) is 0. The fourth-order valence-electron chi connectivity index (χ4n) is 0. The van der Waals surface area contributed by atoms with E-state index in [1.165, 1.54) is 0 Å². The van der Waals surface area contributed by atoms with Gasteiger partial charge in [-0.3, -0.25) is 0 Å². The molecule has 0 aliphatic carbocycles. The Morgan fingerprint density at radius 3 is 1.50 bits per heavy atom. The van der Waals surface area contributed by atoms with Crippen LogP contribution >= 0.6 is 50.1 Å². The van der Waals surface area contributed by atoms with Gasteiger partial charge in [-0.1, -0.05) is 11.6 Å². The third-order valence-corrected chi connectivity index (χ3v) is 2.86. The molecule has 0 radical (unpaired) electrons. The Bertz CT molecular complexity index is 72.3. The summed E-state index contributed by atoms with van der Waals surface area (Å²) in [6.45, 7) is 0. The maximum Gasteiger partial charge on any atom is 0.353 e. The summed E-state index contributed by atoms with van der Waals surface area (Å²) in [4.78, 5) is 0. The number of rotatable bonds is 1. The Morgan fingerprint density at radius 1 is 1.38 bits per heavy atom. The summed E-state index contributed by atoms with van der Waals surface area (Å²) in [7, 11) is 0. The van der Waals surface area contributed by atoms with Crippen LogP contribution in [0.2, 0.25) is 0 Å². The number of halogens is 6. The van der Waals surface area contributed by atoms with Crippen LogP contribution in [0, 0.1) is 0 Å². The number of hydrogen-bond acceptors (Lipinski definition) is 0. The third-order valence-electron chi connectivity index (χ3n) is 0.321. The van der Waals surface area contributed by atoms with Crippen LogP contribution in [-0.4, -0.2) is 7.97 Å². The van der Waals surface area contributed by atoms with Gasteiger partial charge in [-0.2, -0.15) is 8.78 Å². The first-order valence-corrected chi connectivity index (χ1v) is 3.63.